The Bertz CT molecular complexity index is 607. The molecule has 1 saturated carbocycles. The molecule has 2 rings (SSSR count). The molecule has 0 radical (unpaired) electrons. The van der Waals surface area contributed by atoms with Crippen LogP contribution in [-0.4, -0.2) is 45.5 Å². The monoisotopic (exact) mass is 386 g/mol. The highest BCUT2D eigenvalue weighted by atomic mass is 19.3. The van der Waals surface area contributed by atoms with Crippen LogP contribution in [-0.2, 0) is 9.53 Å². The fourth-order valence-corrected chi connectivity index (χ4v) is 3.65. The average Bonchev–Trinajstić information content (AvgIpc) is 3.09. The molecule has 0 aromatic rings. The predicted molar refractivity (Wildman–Crippen MR) is 94.9 cm³/mol. The van der Waals surface area contributed by atoms with E-state index in [1.807, 2.05) is 6.92 Å². The summed E-state index contributed by atoms with van der Waals surface area (Å²) in [6.07, 6.45) is 1.77. The van der Waals surface area contributed by atoms with Crippen molar-refractivity contribution in [2.24, 2.45) is 11.8 Å². The molecule has 1 saturated heterocycles. The van der Waals surface area contributed by atoms with E-state index in [-0.39, 0.29) is 12.8 Å². The zero-order valence-electron chi connectivity index (χ0n) is 15.5. The maximum Gasteiger partial charge on any atom is 0.310 e. The van der Waals surface area contributed by atoms with Gasteiger partial charge in [-0.05, 0) is 31.8 Å². The molecule has 7 heteroatoms. The number of carboxylic acids is 1. The van der Waals surface area contributed by atoms with Crippen molar-refractivity contribution in [3.05, 3.63) is 11.8 Å². The summed E-state index contributed by atoms with van der Waals surface area (Å²) in [6.45, 7) is 2.04. The van der Waals surface area contributed by atoms with Crippen LogP contribution in [0.4, 0.5) is 8.78 Å². The number of allylic oxidation sites excluding steroid dienone is 2. The maximum absolute atomic E-state index is 14.4. The molecular weight excluding hydrogens is 358 g/mol. The Kier molecular flexibility index (Phi) is 7.63. The summed E-state index contributed by atoms with van der Waals surface area (Å²) < 4.78 is 34.1. The molecule has 1 unspecified atom stereocenters. The molecule has 0 bridgehead atoms. The lowest BCUT2D eigenvalue weighted by Gasteiger charge is -2.21. The Morgan fingerprint density at radius 2 is 2.15 bits per heavy atom. The summed E-state index contributed by atoms with van der Waals surface area (Å²) >= 11 is 0. The third kappa shape index (κ3) is 5.43. The summed E-state index contributed by atoms with van der Waals surface area (Å²) in [6, 6.07) is 0. The van der Waals surface area contributed by atoms with Crippen molar-refractivity contribution in [2.75, 3.05) is 0 Å². The summed E-state index contributed by atoms with van der Waals surface area (Å²) in [5.41, 5.74) is 0. The molecule has 27 heavy (non-hydrogen) atoms. The van der Waals surface area contributed by atoms with Gasteiger partial charge in [0.25, 0.3) is 0 Å². The molecule has 3 N–H and O–H groups in total. The normalized spacial score (nSPS) is 31.1. The summed E-state index contributed by atoms with van der Waals surface area (Å²) in [5.74, 6) is -0.227. The van der Waals surface area contributed by atoms with Crippen molar-refractivity contribution >= 4 is 5.97 Å². The number of alkyl halides is 2. The number of carbonyl (C=O) groups is 1. The van der Waals surface area contributed by atoms with E-state index in [2.05, 4.69) is 11.8 Å². The maximum atomic E-state index is 14.4. The quantitative estimate of drug-likeness (QED) is 0.441. The van der Waals surface area contributed by atoms with Crippen molar-refractivity contribution in [1.29, 1.82) is 0 Å². The second kappa shape index (κ2) is 9.52. The number of hydrogen-bond acceptors (Lipinski definition) is 4. The van der Waals surface area contributed by atoms with Gasteiger partial charge in [-0.25, -0.2) is 0 Å². The SMILES string of the molecule is CCCCCC(O)C#C[C@@H]1[C@H]2CC(=CCCCC(=O)O)O[C@H]2C(F)(F)[C@H]1O. The van der Waals surface area contributed by atoms with Crippen LogP contribution in [0, 0.1) is 23.7 Å². The first-order chi connectivity index (χ1) is 12.8. The lowest BCUT2D eigenvalue weighted by atomic mass is 9.91. The molecule has 5 atom stereocenters. The second-order valence-electron chi connectivity index (χ2n) is 7.31. The third-order valence-electron chi connectivity index (χ3n) is 5.14. The van der Waals surface area contributed by atoms with E-state index in [9.17, 15) is 23.8 Å². The minimum Gasteiger partial charge on any atom is -0.488 e. The van der Waals surface area contributed by atoms with Gasteiger partial charge in [0.05, 0.1) is 11.7 Å². The first-order valence-electron chi connectivity index (χ1n) is 9.59. The van der Waals surface area contributed by atoms with Gasteiger partial charge < -0.3 is 20.1 Å². The zero-order chi connectivity index (χ0) is 20.0. The molecule has 0 aromatic carbocycles. The fourth-order valence-electron chi connectivity index (χ4n) is 3.65. The number of fused-ring (bicyclic) bond motifs is 1. The molecule has 1 aliphatic heterocycles. The number of halogens is 2. The Morgan fingerprint density at radius 3 is 2.81 bits per heavy atom. The van der Waals surface area contributed by atoms with E-state index in [0.29, 0.717) is 25.0 Å². The largest absolute Gasteiger partial charge is 0.488 e. The van der Waals surface area contributed by atoms with Gasteiger partial charge in [-0.15, -0.1) is 0 Å². The third-order valence-corrected chi connectivity index (χ3v) is 5.14. The number of carboxylic acid groups (broad SMARTS) is 1. The summed E-state index contributed by atoms with van der Waals surface area (Å²) in [5, 5.41) is 28.5. The highest BCUT2D eigenvalue weighted by Gasteiger charge is 2.66. The Hall–Kier alpha value is -1.65. The van der Waals surface area contributed by atoms with Crippen molar-refractivity contribution in [2.45, 2.75) is 82.5 Å². The predicted octanol–water partition coefficient (Wildman–Crippen LogP) is 3.10. The van der Waals surface area contributed by atoms with E-state index in [1.165, 1.54) is 0 Å². The van der Waals surface area contributed by atoms with Gasteiger partial charge in [0.15, 0.2) is 6.10 Å². The molecule has 2 aliphatic rings. The van der Waals surface area contributed by atoms with Crippen LogP contribution in [0.3, 0.4) is 0 Å². The number of unbranched alkanes of at least 4 members (excludes halogenated alkanes) is 3. The number of aliphatic carboxylic acids is 1. The number of ether oxygens (including phenoxy) is 1. The van der Waals surface area contributed by atoms with Gasteiger partial charge in [-0.2, -0.15) is 8.78 Å². The van der Waals surface area contributed by atoms with Crippen molar-refractivity contribution < 1.29 is 33.6 Å². The number of rotatable bonds is 8. The van der Waals surface area contributed by atoms with Crippen LogP contribution in [0.2, 0.25) is 0 Å². The van der Waals surface area contributed by atoms with Crippen LogP contribution in [0.25, 0.3) is 0 Å². The van der Waals surface area contributed by atoms with E-state index in [0.717, 1.165) is 19.3 Å². The van der Waals surface area contributed by atoms with Gasteiger partial charge in [0.1, 0.15) is 12.2 Å². The molecule has 0 aromatic heterocycles. The first-order valence-corrected chi connectivity index (χ1v) is 9.59. The Balaban J connectivity index is 2.01. The van der Waals surface area contributed by atoms with Crippen LogP contribution in [0.5, 0.6) is 0 Å². The summed E-state index contributed by atoms with van der Waals surface area (Å²) in [7, 11) is 0. The van der Waals surface area contributed by atoms with E-state index >= 15 is 0 Å². The Labute approximate surface area is 158 Å². The molecular formula is C20H28F2O5. The van der Waals surface area contributed by atoms with Gasteiger partial charge in [0.2, 0.25) is 0 Å². The van der Waals surface area contributed by atoms with Gasteiger partial charge >= 0.3 is 11.9 Å². The van der Waals surface area contributed by atoms with Crippen LogP contribution >= 0.6 is 0 Å². The lowest BCUT2D eigenvalue weighted by Crippen LogP contribution is -2.39. The van der Waals surface area contributed by atoms with E-state index < -0.39 is 42.0 Å². The van der Waals surface area contributed by atoms with Crippen LogP contribution < -0.4 is 0 Å². The summed E-state index contributed by atoms with van der Waals surface area (Å²) in [4.78, 5) is 10.5. The standard InChI is InChI=1S/C20H28F2O5/c1-2-3-4-7-13(23)10-11-15-16-12-14(8-5-6-9-17(24)25)27-19(16)20(21,22)18(15)26/h8,13,15-16,18-19,23,26H,2-7,9,12H2,1H3,(H,24,25)/t13?,15-,16-,18+,19-/m1/s1. The lowest BCUT2D eigenvalue weighted by molar-refractivity contribution is -0.149. The fraction of sp³-hybridized carbons (Fsp3) is 0.750. The number of aliphatic hydroxyl groups is 2. The molecule has 152 valence electrons. The number of hydrogen-bond donors (Lipinski definition) is 3. The molecule has 2 fully saturated rings. The van der Waals surface area contributed by atoms with Crippen molar-refractivity contribution in [3.63, 3.8) is 0 Å². The second-order valence-corrected chi connectivity index (χ2v) is 7.31. The van der Waals surface area contributed by atoms with Gasteiger partial charge in [-0.1, -0.05) is 31.6 Å². The number of aliphatic hydroxyl groups excluding tert-OH is 2. The smallest absolute Gasteiger partial charge is 0.310 e. The molecule has 0 amide bonds. The van der Waals surface area contributed by atoms with E-state index in [1.54, 1.807) is 6.08 Å². The molecule has 1 aliphatic carbocycles. The first kappa shape index (κ1) is 21.6. The van der Waals surface area contributed by atoms with Crippen molar-refractivity contribution in [3.8, 4) is 11.8 Å². The minimum atomic E-state index is -3.41. The molecule has 1 heterocycles. The zero-order valence-corrected chi connectivity index (χ0v) is 15.5. The minimum absolute atomic E-state index is 0.00946. The van der Waals surface area contributed by atoms with Crippen molar-refractivity contribution in [1.82, 2.24) is 0 Å². The van der Waals surface area contributed by atoms with Gasteiger partial charge in [-0.3, -0.25) is 4.79 Å². The van der Waals surface area contributed by atoms with Crippen LogP contribution in [0.1, 0.15) is 58.3 Å². The molecule has 5 nitrogen and oxygen atoms in total. The average molecular weight is 386 g/mol. The van der Waals surface area contributed by atoms with Crippen LogP contribution in [0.15, 0.2) is 11.8 Å². The molecule has 0 spiro atoms. The highest BCUT2D eigenvalue weighted by Crippen LogP contribution is 2.52. The van der Waals surface area contributed by atoms with E-state index in [4.69, 9.17) is 9.84 Å². The highest BCUT2D eigenvalue weighted by molar-refractivity contribution is 5.66. The topological polar surface area (TPSA) is 87.0 Å². The Morgan fingerprint density at radius 1 is 1.41 bits per heavy atom. The van der Waals surface area contributed by atoms with Gasteiger partial charge in [0, 0.05) is 18.8 Å².